The van der Waals surface area contributed by atoms with Crippen molar-refractivity contribution in [1.82, 2.24) is 0 Å². The molecule has 2 aliphatic carbocycles. The molecule has 0 saturated heterocycles. The van der Waals surface area contributed by atoms with Gasteiger partial charge in [-0.2, -0.15) is 0 Å². The molecule has 4 unspecified atom stereocenters. The van der Waals surface area contributed by atoms with Gasteiger partial charge in [-0.1, -0.05) is 157 Å². The van der Waals surface area contributed by atoms with E-state index in [9.17, 15) is 0 Å². The van der Waals surface area contributed by atoms with Gasteiger partial charge in [0.1, 0.15) is 0 Å². The van der Waals surface area contributed by atoms with Gasteiger partial charge in [-0.3, -0.25) is 0 Å². The highest BCUT2D eigenvalue weighted by molar-refractivity contribution is 7.00. The maximum atomic E-state index is 2.90. The predicted molar refractivity (Wildman–Crippen MR) is 271 cm³/mol. The third kappa shape index (κ3) is 4.69. The van der Waals surface area contributed by atoms with Crippen LogP contribution in [0.3, 0.4) is 0 Å². The van der Waals surface area contributed by atoms with E-state index in [0.29, 0.717) is 0 Å². The monoisotopic (exact) mass is 831 g/mol. The fourth-order valence-electron chi connectivity index (χ4n) is 14.2. The number of benzene rings is 7. The molecular formula is C60H58BN3. The SMILES string of the molecule is CC(C)(C)c1cc2c3c(c1)C1(C)CCc4ccccc4C1(C)N3c1cc(N3c4ccc(-c5ccccc5)cc4C4(C)CCCCC34C)cc3c1B2c1ccccc1N3c1ccccc1. The molecule has 316 valence electrons. The van der Waals surface area contributed by atoms with Crippen molar-refractivity contribution in [2.24, 2.45) is 0 Å². The van der Waals surface area contributed by atoms with E-state index >= 15 is 0 Å². The third-order valence-electron chi connectivity index (χ3n) is 18.0. The second-order valence-corrected chi connectivity index (χ2v) is 21.9. The van der Waals surface area contributed by atoms with E-state index in [0.717, 1.165) is 19.3 Å². The van der Waals surface area contributed by atoms with E-state index in [1.165, 1.54) is 114 Å². The Bertz CT molecular complexity index is 3090. The Morgan fingerprint density at radius 2 is 1.20 bits per heavy atom. The Hall–Kier alpha value is -6.00. The van der Waals surface area contributed by atoms with Gasteiger partial charge in [0.05, 0.1) is 11.1 Å². The highest BCUT2D eigenvalue weighted by Gasteiger charge is 2.64. The Morgan fingerprint density at radius 1 is 0.500 bits per heavy atom. The molecule has 3 nitrogen and oxygen atoms in total. The van der Waals surface area contributed by atoms with Gasteiger partial charge in [0, 0.05) is 50.6 Å². The average molecular weight is 832 g/mol. The molecule has 0 aromatic heterocycles. The molecule has 0 spiro atoms. The molecule has 4 heterocycles. The molecule has 64 heavy (non-hydrogen) atoms. The summed E-state index contributed by atoms with van der Waals surface area (Å²) in [6.07, 6.45) is 7.01. The molecule has 4 heteroatoms. The smallest absolute Gasteiger partial charge is 0.252 e. The van der Waals surface area contributed by atoms with Crippen LogP contribution in [-0.4, -0.2) is 12.3 Å². The van der Waals surface area contributed by atoms with E-state index in [1.807, 2.05) is 0 Å². The average Bonchev–Trinajstić information content (AvgIpc) is 3.66. The Labute approximate surface area is 380 Å². The quantitative estimate of drug-likeness (QED) is 0.164. The van der Waals surface area contributed by atoms with Gasteiger partial charge in [0.2, 0.25) is 0 Å². The fourth-order valence-corrected chi connectivity index (χ4v) is 14.2. The lowest BCUT2D eigenvalue weighted by molar-refractivity contribution is 0.195. The summed E-state index contributed by atoms with van der Waals surface area (Å²) in [6, 6.07) is 58.9. The number of para-hydroxylation sites is 2. The zero-order chi connectivity index (χ0) is 43.5. The van der Waals surface area contributed by atoms with E-state index in [1.54, 1.807) is 0 Å². The van der Waals surface area contributed by atoms with Gasteiger partial charge < -0.3 is 14.7 Å². The van der Waals surface area contributed by atoms with Crippen LogP contribution < -0.4 is 31.1 Å². The Balaban J connectivity index is 1.16. The predicted octanol–water partition coefficient (Wildman–Crippen LogP) is 13.3. The van der Waals surface area contributed by atoms with E-state index in [4.69, 9.17) is 0 Å². The van der Waals surface area contributed by atoms with Crippen LogP contribution in [0.4, 0.5) is 39.8 Å². The van der Waals surface area contributed by atoms with E-state index in [-0.39, 0.29) is 34.0 Å². The van der Waals surface area contributed by atoms with Crippen LogP contribution in [0.2, 0.25) is 0 Å². The van der Waals surface area contributed by atoms with Crippen molar-refractivity contribution in [3.63, 3.8) is 0 Å². The third-order valence-corrected chi connectivity index (χ3v) is 18.0. The van der Waals surface area contributed by atoms with Crippen molar-refractivity contribution in [3.05, 3.63) is 179 Å². The van der Waals surface area contributed by atoms with Crippen molar-refractivity contribution < 1.29 is 0 Å². The first-order valence-corrected chi connectivity index (χ1v) is 24.1. The molecule has 6 aliphatic rings. The summed E-state index contributed by atoms with van der Waals surface area (Å²) in [5.74, 6) is 0. The molecule has 7 aromatic carbocycles. The van der Waals surface area contributed by atoms with Crippen molar-refractivity contribution >= 4 is 62.9 Å². The molecule has 7 aromatic rings. The molecule has 4 atom stereocenters. The summed E-state index contributed by atoms with van der Waals surface area (Å²) in [6.45, 7) is 17.7. The number of anilines is 7. The number of fused-ring (bicyclic) bond motifs is 12. The number of hydrogen-bond donors (Lipinski definition) is 0. The lowest BCUT2D eigenvalue weighted by Crippen LogP contribution is -2.64. The van der Waals surface area contributed by atoms with Gasteiger partial charge in [-0.15, -0.1) is 0 Å². The molecule has 0 amide bonds. The summed E-state index contributed by atoms with van der Waals surface area (Å²) < 4.78 is 0. The summed E-state index contributed by atoms with van der Waals surface area (Å²) >= 11 is 0. The van der Waals surface area contributed by atoms with Crippen molar-refractivity contribution in [3.8, 4) is 11.1 Å². The molecule has 1 fully saturated rings. The van der Waals surface area contributed by atoms with Crippen LogP contribution in [0.25, 0.3) is 11.1 Å². The van der Waals surface area contributed by atoms with Crippen LogP contribution in [0.5, 0.6) is 0 Å². The van der Waals surface area contributed by atoms with Gasteiger partial charge in [0.25, 0.3) is 6.71 Å². The first-order chi connectivity index (χ1) is 30.9. The zero-order valence-corrected chi connectivity index (χ0v) is 38.6. The van der Waals surface area contributed by atoms with Crippen LogP contribution in [0.1, 0.15) is 108 Å². The van der Waals surface area contributed by atoms with Crippen LogP contribution in [0, 0.1) is 0 Å². The van der Waals surface area contributed by atoms with Crippen LogP contribution >= 0.6 is 0 Å². The second-order valence-electron chi connectivity index (χ2n) is 21.9. The zero-order valence-electron chi connectivity index (χ0n) is 38.6. The summed E-state index contributed by atoms with van der Waals surface area (Å²) in [5, 5.41) is 0. The molecular weight excluding hydrogens is 773 g/mol. The second kappa shape index (κ2) is 12.8. The number of aryl methyl sites for hydroxylation is 1. The minimum Gasteiger partial charge on any atom is -0.334 e. The summed E-state index contributed by atoms with van der Waals surface area (Å²) in [5.41, 5.74) is 23.0. The maximum absolute atomic E-state index is 2.90. The fraction of sp³-hybridized carbons (Fsp3) is 0.300. The Kier molecular flexibility index (Phi) is 7.72. The highest BCUT2D eigenvalue weighted by atomic mass is 15.3. The standard InChI is InChI=1S/C60H58BN3/c1-56(2,3)42-35-47-55-49(36-42)61-48-26-16-17-27-51(48)62(43-23-12-9-13-24-43)52-37-44(38-53(54(52)61)64(55)60(7)45-25-15-14-22-40(45)30-33-58(47,60)5)63-50-29-28-41(39-20-10-8-11-21-39)34-46(50)57(4)31-18-19-32-59(57,63)6/h8-17,20-29,34-38H,18-19,30-33H2,1-7H3. The van der Waals surface area contributed by atoms with Gasteiger partial charge in [0.15, 0.2) is 0 Å². The molecule has 0 N–H and O–H groups in total. The minimum atomic E-state index is -0.321. The van der Waals surface area contributed by atoms with Gasteiger partial charge in [-0.05, 0) is 143 Å². The van der Waals surface area contributed by atoms with Crippen LogP contribution in [0.15, 0.2) is 152 Å². The number of nitrogens with zero attached hydrogens (tertiary/aromatic N) is 3. The first kappa shape index (κ1) is 38.5. The van der Waals surface area contributed by atoms with Gasteiger partial charge >= 0.3 is 0 Å². The highest BCUT2D eigenvalue weighted by Crippen LogP contribution is 2.66. The van der Waals surface area contributed by atoms with Crippen molar-refractivity contribution in [2.75, 3.05) is 14.7 Å². The minimum absolute atomic E-state index is 0.0128. The molecule has 13 rings (SSSR count). The normalized spacial score (nSPS) is 25.5. The van der Waals surface area contributed by atoms with Crippen LogP contribution in [-0.2, 0) is 28.2 Å². The topological polar surface area (TPSA) is 9.72 Å². The largest absolute Gasteiger partial charge is 0.334 e. The number of rotatable bonds is 3. The van der Waals surface area contributed by atoms with Crippen molar-refractivity contribution in [2.45, 2.75) is 114 Å². The lowest BCUT2D eigenvalue weighted by Gasteiger charge is -2.54. The Morgan fingerprint density at radius 3 is 2.00 bits per heavy atom. The summed E-state index contributed by atoms with van der Waals surface area (Å²) in [4.78, 5) is 8.34. The first-order valence-electron chi connectivity index (χ1n) is 24.1. The molecule has 0 radical (unpaired) electrons. The lowest BCUT2D eigenvalue weighted by atomic mass is 9.33. The summed E-state index contributed by atoms with van der Waals surface area (Å²) in [7, 11) is 0. The van der Waals surface area contributed by atoms with Crippen molar-refractivity contribution in [1.29, 1.82) is 0 Å². The number of hydrogen-bond acceptors (Lipinski definition) is 3. The molecule has 1 saturated carbocycles. The molecule has 0 bridgehead atoms. The van der Waals surface area contributed by atoms with E-state index < -0.39 is 0 Å². The molecule has 4 aliphatic heterocycles. The van der Waals surface area contributed by atoms with E-state index in [2.05, 4.69) is 215 Å². The van der Waals surface area contributed by atoms with Gasteiger partial charge in [-0.25, -0.2) is 0 Å². The maximum Gasteiger partial charge on any atom is 0.252 e.